The van der Waals surface area contributed by atoms with Gasteiger partial charge in [-0.25, -0.2) is 0 Å². The molecule has 2 aliphatic heterocycles. The van der Waals surface area contributed by atoms with E-state index in [0.29, 0.717) is 23.6 Å². The Bertz CT molecular complexity index is 1400. The van der Waals surface area contributed by atoms with E-state index in [2.05, 4.69) is 45.1 Å². The maximum Gasteiger partial charge on any atom is 0.251 e. The smallest absolute Gasteiger partial charge is 0.251 e. The summed E-state index contributed by atoms with van der Waals surface area (Å²) >= 11 is 0. The zero-order valence-electron chi connectivity index (χ0n) is 20.8. The summed E-state index contributed by atoms with van der Waals surface area (Å²) in [5, 5.41) is 15.6. The summed E-state index contributed by atoms with van der Waals surface area (Å²) in [5.41, 5.74) is 4.58. The highest BCUT2D eigenvalue weighted by molar-refractivity contribution is 6.01. The van der Waals surface area contributed by atoms with Crippen LogP contribution in [0.15, 0.2) is 72.8 Å². The molecule has 7 rings (SSSR count). The number of aromatic amines is 1. The summed E-state index contributed by atoms with van der Waals surface area (Å²) in [6.45, 7) is 0. The van der Waals surface area contributed by atoms with E-state index in [0.717, 1.165) is 53.6 Å². The summed E-state index contributed by atoms with van der Waals surface area (Å²) in [6.07, 6.45) is 7.30. The van der Waals surface area contributed by atoms with Gasteiger partial charge in [0, 0.05) is 28.6 Å². The molecule has 1 unspecified atom stereocenters. The number of benzene rings is 3. The number of carbonyl (C=O) groups excluding carboxylic acids is 1. The van der Waals surface area contributed by atoms with Gasteiger partial charge in [-0.15, -0.1) is 0 Å². The number of fused-ring (bicyclic) bond motifs is 3. The maximum absolute atomic E-state index is 13.3. The van der Waals surface area contributed by atoms with Gasteiger partial charge in [0.05, 0.1) is 17.3 Å². The lowest BCUT2D eigenvalue weighted by molar-refractivity contribution is 0.0931. The van der Waals surface area contributed by atoms with Crippen molar-refractivity contribution in [2.24, 2.45) is 5.92 Å². The number of piperidine rings is 1. The Hall–Kier alpha value is -3.64. The Kier molecular flexibility index (Phi) is 5.69. The summed E-state index contributed by atoms with van der Waals surface area (Å²) in [5.74, 6) is 1.37. The van der Waals surface area contributed by atoms with Crippen molar-refractivity contribution in [1.82, 2.24) is 20.8 Å². The molecular formula is C31H32N4O2. The van der Waals surface area contributed by atoms with Crippen LogP contribution >= 0.6 is 0 Å². The van der Waals surface area contributed by atoms with E-state index in [-0.39, 0.29) is 18.1 Å². The number of hydrogen-bond acceptors (Lipinski definition) is 4. The van der Waals surface area contributed by atoms with Crippen molar-refractivity contribution in [3.8, 4) is 17.0 Å². The third kappa shape index (κ3) is 4.62. The van der Waals surface area contributed by atoms with Crippen LogP contribution < -0.4 is 15.4 Å². The van der Waals surface area contributed by atoms with Crippen LogP contribution in [0.25, 0.3) is 22.2 Å². The molecular weight excluding hydrogens is 460 g/mol. The molecule has 1 saturated carbocycles. The van der Waals surface area contributed by atoms with Crippen molar-refractivity contribution < 1.29 is 9.53 Å². The molecule has 3 N–H and O–H groups in total. The molecule has 4 aromatic rings. The van der Waals surface area contributed by atoms with Gasteiger partial charge in [-0.05, 0) is 92.5 Å². The van der Waals surface area contributed by atoms with E-state index in [4.69, 9.17) is 4.74 Å². The zero-order valence-corrected chi connectivity index (χ0v) is 20.8. The molecule has 3 aromatic carbocycles. The van der Waals surface area contributed by atoms with E-state index in [1.165, 1.54) is 18.4 Å². The van der Waals surface area contributed by atoms with Crippen LogP contribution in [-0.4, -0.2) is 34.3 Å². The van der Waals surface area contributed by atoms with Gasteiger partial charge in [0.2, 0.25) is 0 Å². The third-order valence-electron chi connectivity index (χ3n) is 8.22. The number of aromatic nitrogens is 2. The molecule has 6 nitrogen and oxygen atoms in total. The average molecular weight is 493 g/mol. The van der Waals surface area contributed by atoms with Crippen LogP contribution in [0, 0.1) is 5.92 Å². The molecule has 188 valence electrons. The van der Waals surface area contributed by atoms with Crippen LogP contribution in [0.5, 0.6) is 5.75 Å². The number of nitrogens with one attached hydrogen (secondary N) is 3. The quantitative estimate of drug-likeness (QED) is 0.306. The SMILES string of the molecule is O=C(NC(c1ccccc1)C1CC1)c1ccc2[nH]nc(-c3ccc(O[C@H]4C[C@H]5CC[C@@H](C4)N5)cc3)c2c1. The second-order valence-electron chi connectivity index (χ2n) is 10.9. The lowest BCUT2D eigenvalue weighted by atomic mass is 10.0. The van der Waals surface area contributed by atoms with Crippen molar-refractivity contribution in [3.05, 3.63) is 83.9 Å². The first-order chi connectivity index (χ1) is 18.2. The average Bonchev–Trinajstić information content (AvgIpc) is 3.60. The molecule has 2 saturated heterocycles. The van der Waals surface area contributed by atoms with Crippen LogP contribution in [0.1, 0.15) is 60.5 Å². The second-order valence-corrected chi connectivity index (χ2v) is 10.9. The van der Waals surface area contributed by atoms with E-state index < -0.39 is 0 Å². The normalized spacial score (nSPS) is 23.6. The summed E-state index contributed by atoms with van der Waals surface area (Å²) in [6, 6.07) is 25.5. The van der Waals surface area contributed by atoms with Gasteiger partial charge in [0.15, 0.2) is 0 Å². The van der Waals surface area contributed by atoms with Gasteiger partial charge in [-0.1, -0.05) is 30.3 Å². The van der Waals surface area contributed by atoms with Crippen LogP contribution in [-0.2, 0) is 0 Å². The van der Waals surface area contributed by atoms with Gasteiger partial charge in [-0.2, -0.15) is 5.10 Å². The number of nitrogens with zero attached hydrogens (tertiary/aromatic N) is 1. The maximum atomic E-state index is 13.3. The molecule has 3 heterocycles. The Morgan fingerprint density at radius 2 is 1.68 bits per heavy atom. The standard InChI is InChI=1S/C31H32N4O2/c36-31(33-29(20-6-7-20)19-4-2-1-3-5-19)22-10-15-28-27(16-22)30(35-34-28)21-8-13-25(14-9-21)37-26-17-23-11-12-24(18-26)32-23/h1-5,8-10,13-16,20,23-24,26,29,32H,6-7,11-12,17-18H2,(H,33,36)(H,34,35)/t23-,24+,26+,29?. The molecule has 3 fully saturated rings. The largest absolute Gasteiger partial charge is 0.490 e. The molecule has 0 radical (unpaired) electrons. The van der Waals surface area contributed by atoms with Crippen molar-refractivity contribution >= 4 is 16.8 Å². The molecule has 3 aliphatic rings. The lowest BCUT2D eigenvalue weighted by Crippen LogP contribution is -2.42. The summed E-state index contributed by atoms with van der Waals surface area (Å²) in [7, 11) is 0. The van der Waals surface area contributed by atoms with Gasteiger partial charge in [0.1, 0.15) is 11.9 Å². The molecule has 2 bridgehead atoms. The van der Waals surface area contributed by atoms with Crippen LogP contribution in [0.3, 0.4) is 0 Å². The van der Waals surface area contributed by atoms with Gasteiger partial charge >= 0.3 is 0 Å². The van der Waals surface area contributed by atoms with Gasteiger partial charge in [-0.3, -0.25) is 9.89 Å². The Morgan fingerprint density at radius 1 is 0.919 bits per heavy atom. The van der Waals surface area contributed by atoms with Crippen molar-refractivity contribution in [2.75, 3.05) is 0 Å². The molecule has 1 aromatic heterocycles. The molecule has 1 amide bonds. The predicted molar refractivity (Wildman–Crippen MR) is 144 cm³/mol. The number of rotatable bonds is 7. The molecule has 4 atom stereocenters. The predicted octanol–water partition coefficient (Wildman–Crippen LogP) is 5.77. The third-order valence-corrected chi connectivity index (χ3v) is 8.22. The summed E-state index contributed by atoms with van der Waals surface area (Å²) < 4.78 is 6.32. The van der Waals surface area contributed by atoms with Crippen LogP contribution in [0.4, 0.5) is 0 Å². The lowest BCUT2D eigenvalue weighted by Gasteiger charge is -2.29. The number of H-pyrrole nitrogens is 1. The van der Waals surface area contributed by atoms with E-state index in [1.54, 1.807) is 0 Å². The number of amides is 1. The summed E-state index contributed by atoms with van der Waals surface area (Å²) in [4.78, 5) is 13.3. The highest BCUT2D eigenvalue weighted by atomic mass is 16.5. The number of ether oxygens (including phenoxy) is 1. The first-order valence-electron chi connectivity index (χ1n) is 13.6. The van der Waals surface area contributed by atoms with E-state index >= 15 is 0 Å². The Balaban J connectivity index is 1.09. The van der Waals surface area contributed by atoms with E-state index in [1.807, 2.05) is 48.5 Å². The Morgan fingerprint density at radius 3 is 2.41 bits per heavy atom. The fraction of sp³-hybridized carbons (Fsp3) is 0.355. The van der Waals surface area contributed by atoms with Crippen molar-refractivity contribution in [3.63, 3.8) is 0 Å². The molecule has 1 aliphatic carbocycles. The fourth-order valence-electron chi connectivity index (χ4n) is 6.15. The Labute approximate surface area is 216 Å². The van der Waals surface area contributed by atoms with Crippen LogP contribution in [0.2, 0.25) is 0 Å². The first-order valence-corrected chi connectivity index (χ1v) is 13.6. The topological polar surface area (TPSA) is 79.0 Å². The first kappa shape index (κ1) is 22.5. The van der Waals surface area contributed by atoms with E-state index in [9.17, 15) is 4.79 Å². The molecule has 37 heavy (non-hydrogen) atoms. The minimum absolute atomic E-state index is 0.0468. The number of carbonyl (C=O) groups is 1. The van der Waals surface area contributed by atoms with Gasteiger partial charge < -0.3 is 15.4 Å². The van der Waals surface area contributed by atoms with Crippen molar-refractivity contribution in [2.45, 2.75) is 62.8 Å². The number of hydrogen-bond donors (Lipinski definition) is 3. The van der Waals surface area contributed by atoms with Gasteiger partial charge in [0.25, 0.3) is 5.91 Å². The second kappa shape index (κ2) is 9.34. The molecule has 6 heteroatoms. The minimum Gasteiger partial charge on any atom is -0.490 e. The highest BCUT2D eigenvalue weighted by Crippen LogP contribution is 2.41. The zero-order chi connectivity index (χ0) is 24.8. The highest BCUT2D eigenvalue weighted by Gasteiger charge is 2.35. The minimum atomic E-state index is -0.0468. The molecule has 0 spiro atoms. The monoisotopic (exact) mass is 492 g/mol. The van der Waals surface area contributed by atoms with Crippen molar-refractivity contribution in [1.29, 1.82) is 0 Å². The fourth-order valence-corrected chi connectivity index (χ4v) is 6.15.